The maximum Gasteiger partial charge on any atom is 0.356 e. The van der Waals surface area contributed by atoms with Crippen molar-refractivity contribution in [3.63, 3.8) is 0 Å². The van der Waals surface area contributed by atoms with Crippen LogP contribution in [0.4, 0.5) is 0 Å². The van der Waals surface area contributed by atoms with Gasteiger partial charge in [-0.1, -0.05) is 60.7 Å². The number of aryl methyl sites for hydroxylation is 1. The molecule has 2 aliphatic heterocycles. The molecule has 9 heteroatoms. The second-order valence-electron chi connectivity index (χ2n) is 8.51. The molecule has 0 saturated carbocycles. The van der Waals surface area contributed by atoms with E-state index in [0.29, 0.717) is 17.3 Å². The van der Waals surface area contributed by atoms with Gasteiger partial charge in [-0.2, -0.15) is 0 Å². The van der Waals surface area contributed by atoms with E-state index in [4.69, 9.17) is 14.9 Å². The number of amides is 1. The third kappa shape index (κ3) is 4.86. The SMILES string of the molecule is Cc1cc(SCC2=C(C(=O)OC(c3ccccc3)c3ccccc3)N3C(=O)[C@@H](N)[C@@H]3SC2)cc(=O)o1. The number of carbonyl (C=O) groups excluding carboxylic acids is 2. The minimum absolute atomic E-state index is 0.245. The second-order valence-corrected chi connectivity index (χ2v) is 10.7. The van der Waals surface area contributed by atoms with E-state index in [-0.39, 0.29) is 17.0 Å². The minimum atomic E-state index is -0.646. The summed E-state index contributed by atoms with van der Waals surface area (Å²) >= 11 is 2.94. The van der Waals surface area contributed by atoms with E-state index in [9.17, 15) is 14.4 Å². The number of rotatable bonds is 7. The van der Waals surface area contributed by atoms with Crippen LogP contribution in [-0.2, 0) is 14.3 Å². The second kappa shape index (κ2) is 10.4. The van der Waals surface area contributed by atoms with Gasteiger partial charge in [0, 0.05) is 22.5 Å². The van der Waals surface area contributed by atoms with Gasteiger partial charge in [-0.05, 0) is 29.7 Å². The summed E-state index contributed by atoms with van der Waals surface area (Å²) in [5.41, 5.74) is 8.26. The van der Waals surface area contributed by atoms with E-state index in [1.807, 2.05) is 60.7 Å². The van der Waals surface area contributed by atoms with Crippen LogP contribution in [0.2, 0.25) is 0 Å². The van der Waals surface area contributed by atoms with Crippen molar-refractivity contribution >= 4 is 35.4 Å². The number of benzene rings is 2. The predicted octanol–water partition coefficient (Wildman–Crippen LogP) is 3.87. The highest BCUT2D eigenvalue weighted by molar-refractivity contribution is 8.01. The van der Waals surface area contributed by atoms with E-state index in [1.165, 1.54) is 34.5 Å². The number of ether oxygens (including phenoxy) is 1. The van der Waals surface area contributed by atoms with Crippen LogP contribution < -0.4 is 11.4 Å². The van der Waals surface area contributed by atoms with E-state index in [0.717, 1.165) is 21.6 Å². The Labute approximate surface area is 216 Å². The molecule has 0 spiro atoms. The van der Waals surface area contributed by atoms with E-state index < -0.39 is 23.7 Å². The lowest BCUT2D eigenvalue weighted by molar-refractivity contribution is -0.153. The summed E-state index contributed by atoms with van der Waals surface area (Å²) in [4.78, 5) is 40.4. The summed E-state index contributed by atoms with van der Waals surface area (Å²) in [6.45, 7) is 1.71. The molecule has 184 valence electrons. The highest BCUT2D eigenvalue weighted by Crippen LogP contribution is 2.42. The van der Waals surface area contributed by atoms with Crippen LogP contribution in [0, 0.1) is 6.92 Å². The molecular formula is C27H24N2O5S2. The van der Waals surface area contributed by atoms with Crippen LogP contribution in [0.15, 0.2) is 98.2 Å². The van der Waals surface area contributed by atoms with Crippen molar-refractivity contribution in [3.05, 3.63) is 111 Å². The normalized spacial score (nSPS) is 19.2. The van der Waals surface area contributed by atoms with Crippen molar-refractivity contribution in [1.29, 1.82) is 0 Å². The fourth-order valence-corrected chi connectivity index (χ4v) is 6.69. The van der Waals surface area contributed by atoms with Crippen LogP contribution in [0.25, 0.3) is 0 Å². The first kappa shape index (κ1) is 24.4. The molecule has 1 fully saturated rings. The van der Waals surface area contributed by atoms with Crippen LogP contribution in [-0.4, -0.2) is 39.7 Å². The van der Waals surface area contributed by atoms with Crippen molar-refractivity contribution in [3.8, 4) is 0 Å². The molecule has 1 saturated heterocycles. The van der Waals surface area contributed by atoms with Crippen LogP contribution in [0.3, 0.4) is 0 Å². The van der Waals surface area contributed by atoms with Gasteiger partial charge in [-0.15, -0.1) is 23.5 Å². The van der Waals surface area contributed by atoms with Crippen LogP contribution >= 0.6 is 23.5 Å². The maximum atomic E-state index is 13.7. The molecule has 3 aromatic rings. The zero-order valence-corrected chi connectivity index (χ0v) is 21.1. The maximum absolute atomic E-state index is 13.7. The van der Waals surface area contributed by atoms with E-state index in [1.54, 1.807) is 13.0 Å². The number of nitrogens with zero attached hydrogens (tertiary/aromatic N) is 1. The Morgan fingerprint density at radius 3 is 2.36 bits per heavy atom. The summed E-state index contributed by atoms with van der Waals surface area (Å²) in [6.07, 6.45) is -0.638. The topological polar surface area (TPSA) is 103 Å². The zero-order chi connectivity index (χ0) is 25.2. The molecule has 1 aromatic heterocycles. The minimum Gasteiger partial charge on any atom is -0.448 e. The Kier molecular flexibility index (Phi) is 7.04. The first-order valence-electron chi connectivity index (χ1n) is 11.4. The first-order chi connectivity index (χ1) is 17.4. The number of hydrogen-bond acceptors (Lipinski definition) is 8. The Bertz CT molecular complexity index is 1330. The Morgan fingerprint density at radius 1 is 1.11 bits per heavy atom. The standard InChI is InChI=1S/C27H24N2O5S2/c1-16-12-20(13-21(30)33-16)35-14-19-15-36-26-22(28)25(31)29(26)23(19)27(32)34-24(17-8-4-2-5-9-17)18-10-6-3-7-11-18/h2-13,22,24,26H,14-15,28H2,1H3/t22-,26+/m1/s1. The molecule has 0 bridgehead atoms. The number of esters is 1. The molecule has 0 aliphatic carbocycles. The summed E-state index contributed by atoms with van der Waals surface area (Å²) in [5, 5.41) is -0.299. The number of carbonyl (C=O) groups is 2. The smallest absolute Gasteiger partial charge is 0.356 e. The Hall–Kier alpha value is -3.27. The van der Waals surface area contributed by atoms with Gasteiger partial charge >= 0.3 is 11.6 Å². The Balaban J connectivity index is 1.48. The molecule has 36 heavy (non-hydrogen) atoms. The lowest BCUT2D eigenvalue weighted by Crippen LogP contribution is -2.68. The molecule has 2 N–H and O–H groups in total. The third-order valence-electron chi connectivity index (χ3n) is 5.99. The van der Waals surface area contributed by atoms with Crippen molar-refractivity contribution in [1.82, 2.24) is 4.90 Å². The van der Waals surface area contributed by atoms with Gasteiger partial charge in [-0.3, -0.25) is 9.69 Å². The van der Waals surface area contributed by atoms with Crippen molar-refractivity contribution in [2.75, 3.05) is 11.5 Å². The molecule has 2 atom stereocenters. The molecule has 5 rings (SSSR count). The highest BCUT2D eigenvalue weighted by atomic mass is 32.2. The number of hydrogen-bond donors (Lipinski definition) is 1. The summed E-state index contributed by atoms with van der Waals surface area (Å²) in [7, 11) is 0. The summed E-state index contributed by atoms with van der Waals surface area (Å²) in [6, 6.07) is 21.5. The zero-order valence-electron chi connectivity index (χ0n) is 19.5. The van der Waals surface area contributed by atoms with Gasteiger partial charge in [0.2, 0.25) is 5.91 Å². The molecule has 0 radical (unpaired) electrons. The van der Waals surface area contributed by atoms with Crippen molar-refractivity contribution in [2.45, 2.75) is 29.3 Å². The number of β-lactam (4-membered cyclic amide) rings is 1. The van der Waals surface area contributed by atoms with Gasteiger partial charge in [-0.25, -0.2) is 9.59 Å². The molecule has 0 unspecified atom stereocenters. The monoisotopic (exact) mass is 520 g/mol. The summed E-state index contributed by atoms with van der Waals surface area (Å²) < 4.78 is 11.1. The van der Waals surface area contributed by atoms with Gasteiger partial charge in [0.25, 0.3) is 0 Å². The molecule has 2 aliphatic rings. The van der Waals surface area contributed by atoms with Gasteiger partial charge in [0.05, 0.1) is 0 Å². The van der Waals surface area contributed by atoms with Crippen LogP contribution in [0.1, 0.15) is 23.0 Å². The third-order valence-corrected chi connectivity index (χ3v) is 8.41. The number of nitrogens with two attached hydrogens (primary N) is 1. The van der Waals surface area contributed by atoms with Crippen molar-refractivity contribution < 1.29 is 18.7 Å². The lowest BCUT2D eigenvalue weighted by Gasteiger charge is -2.48. The number of thioether (sulfide) groups is 2. The van der Waals surface area contributed by atoms with Gasteiger partial charge in [0.1, 0.15) is 22.9 Å². The van der Waals surface area contributed by atoms with E-state index in [2.05, 4.69) is 0 Å². The van der Waals surface area contributed by atoms with E-state index >= 15 is 0 Å². The molecule has 2 aromatic carbocycles. The largest absolute Gasteiger partial charge is 0.448 e. The lowest BCUT2D eigenvalue weighted by atomic mass is 10.0. The summed E-state index contributed by atoms with van der Waals surface area (Å²) in [5.74, 6) is 0.579. The Morgan fingerprint density at radius 2 is 1.75 bits per heavy atom. The average molecular weight is 521 g/mol. The first-order valence-corrected chi connectivity index (χ1v) is 13.4. The fraction of sp³-hybridized carbons (Fsp3) is 0.222. The molecule has 7 nitrogen and oxygen atoms in total. The fourth-order valence-electron chi connectivity index (χ4n) is 4.26. The van der Waals surface area contributed by atoms with Gasteiger partial charge in [0.15, 0.2) is 6.10 Å². The average Bonchev–Trinajstić information content (AvgIpc) is 2.89. The molecule has 1 amide bonds. The predicted molar refractivity (Wildman–Crippen MR) is 139 cm³/mol. The van der Waals surface area contributed by atoms with Crippen molar-refractivity contribution in [2.24, 2.45) is 5.73 Å². The van der Waals surface area contributed by atoms with Crippen LogP contribution in [0.5, 0.6) is 0 Å². The quantitative estimate of drug-likeness (QED) is 0.285. The van der Waals surface area contributed by atoms with Gasteiger partial charge < -0.3 is 14.9 Å². The molecular weight excluding hydrogens is 496 g/mol. The highest BCUT2D eigenvalue weighted by Gasteiger charge is 2.52. The number of fused-ring (bicyclic) bond motifs is 1. The molecule has 3 heterocycles.